The van der Waals surface area contributed by atoms with E-state index < -0.39 is 23.3 Å². The van der Waals surface area contributed by atoms with E-state index in [4.69, 9.17) is 4.74 Å². The number of alkyl halides is 3. The van der Waals surface area contributed by atoms with Crippen LogP contribution in [0.1, 0.15) is 51.9 Å². The number of aliphatic hydroxyl groups is 1. The molecule has 1 amide bonds. The first-order valence-electron chi connectivity index (χ1n) is 9.87. The zero-order valence-corrected chi connectivity index (χ0v) is 15.8. The van der Waals surface area contributed by atoms with Gasteiger partial charge in [0, 0.05) is 12.6 Å². The number of aromatic nitrogens is 1. The van der Waals surface area contributed by atoms with Crippen LogP contribution < -0.4 is 9.64 Å². The second-order valence-electron chi connectivity index (χ2n) is 8.52. The molecule has 3 aliphatic rings. The molecule has 1 aromatic heterocycles. The Kier molecular flexibility index (Phi) is 4.60. The molecule has 0 unspecified atom stereocenters. The molecule has 154 valence electrons. The van der Waals surface area contributed by atoms with Crippen molar-refractivity contribution in [2.75, 3.05) is 11.4 Å². The summed E-state index contributed by atoms with van der Waals surface area (Å²) in [5, 5.41) is 10.8. The molecule has 1 saturated heterocycles. The fourth-order valence-corrected chi connectivity index (χ4v) is 4.57. The summed E-state index contributed by atoms with van der Waals surface area (Å²) in [5.74, 6) is 0.305. The van der Waals surface area contributed by atoms with Crippen molar-refractivity contribution in [1.29, 1.82) is 0 Å². The molecule has 0 bridgehead atoms. The van der Waals surface area contributed by atoms with E-state index in [0.717, 1.165) is 26.2 Å². The molecule has 0 aromatic carbocycles. The van der Waals surface area contributed by atoms with Crippen LogP contribution in [-0.4, -0.2) is 40.4 Å². The molecular formula is C20H25F3N2O3. The molecule has 1 aliphatic heterocycles. The number of halogens is 3. The average molecular weight is 398 g/mol. The third-order valence-corrected chi connectivity index (χ3v) is 6.71. The maximum absolute atomic E-state index is 13.1. The van der Waals surface area contributed by atoms with Gasteiger partial charge in [0.25, 0.3) is 0 Å². The van der Waals surface area contributed by atoms with Crippen molar-refractivity contribution in [2.24, 2.45) is 11.3 Å². The van der Waals surface area contributed by atoms with Crippen LogP contribution in [0, 0.1) is 11.3 Å². The van der Waals surface area contributed by atoms with E-state index in [2.05, 4.69) is 4.98 Å². The van der Waals surface area contributed by atoms with Gasteiger partial charge in [-0.05, 0) is 63.9 Å². The van der Waals surface area contributed by atoms with Crippen molar-refractivity contribution < 1.29 is 27.8 Å². The summed E-state index contributed by atoms with van der Waals surface area (Å²) in [6, 6.07) is 2.94. The number of carbonyl (C=O) groups excluding carboxylic acids is 1. The minimum Gasteiger partial charge on any atom is -0.465 e. The van der Waals surface area contributed by atoms with Crippen molar-refractivity contribution in [3.63, 3.8) is 0 Å². The first-order valence-corrected chi connectivity index (χ1v) is 9.87. The van der Waals surface area contributed by atoms with E-state index in [1.807, 2.05) is 0 Å². The van der Waals surface area contributed by atoms with E-state index >= 15 is 0 Å². The SMILES string of the molecule is C[C@H](Oc1ccc(N2CC[C@]3(CC[C@@](O)(C4CC4)CC3)C2=O)cn1)C(F)(F)F. The molecule has 8 heteroatoms. The second kappa shape index (κ2) is 6.61. The van der Waals surface area contributed by atoms with Crippen LogP contribution in [-0.2, 0) is 4.79 Å². The highest BCUT2D eigenvalue weighted by atomic mass is 19.4. The number of nitrogens with zero attached hydrogens (tertiary/aromatic N) is 2. The van der Waals surface area contributed by atoms with Gasteiger partial charge in [-0.1, -0.05) is 0 Å². The maximum Gasteiger partial charge on any atom is 0.425 e. The monoisotopic (exact) mass is 398 g/mol. The molecule has 28 heavy (non-hydrogen) atoms. The van der Waals surface area contributed by atoms with E-state index in [9.17, 15) is 23.1 Å². The Labute approximate surface area is 161 Å². The van der Waals surface area contributed by atoms with Crippen molar-refractivity contribution >= 4 is 11.6 Å². The fraction of sp³-hybridized carbons (Fsp3) is 0.700. The van der Waals surface area contributed by atoms with E-state index in [1.54, 1.807) is 11.0 Å². The van der Waals surface area contributed by atoms with Crippen LogP contribution in [0.4, 0.5) is 18.9 Å². The van der Waals surface area contributed by atoms with Crippen molar-refractivity contribution in [3.05, 3.63) is 18.3 Å². The van der Waals surface area contributed by atoms with Gasteiger partial charge < -0.3 is 14.7 Å². The number of hydrogen-bond acceptors (Lipinski definition) is 4. The Morgan fingerprint density at radius 3 is 2.43 bits per heavy atom. The summed E-state index contributed by atoms with van der Waals surface area (Å²) >= 11 is 0. The topological polar surface area (TPSA) is 62.7 Å². The van der Waals surface area contributed by atoms with E-state index in [1.165, 1.54) is 12.3 Å². The van der Waals surface area contributed by atoms with Gasteiger partial charge in [-0.2, -0.15) is 13.2 Å². The Morgan fingerprint density at radius 1 is 1.21 bits per heavy atom. The summed E-state index contributed by atoms with van der Waals surface area (Å²) in [6.45, 7) is 1.48. The third-order valence-electron chi connectivity index (χ3n) is 6.71. The second-order valence-corrected chi connectivity index (χ2v) is 8.52. The molecule has 1 spiro atoms. The molecule has 0 radical (unpaired) electrons. The maximum atomic E-state index is 13.1. The van der Waals surface area contributed by atoms with Gasteiger partial charge in [0.05, 0.1) is 22.9 Å². The number of rotatable bonds is 4. The van der Waals surface area contributed by atoms with Gasteiger partial charge in [-0.15, -0.1) is 0 Å². The van der Waals surface area contributed by atoms with Gasteiger partial charge in [-0.25, -0.2) is 4.98 Å². The van der Waals surface area contributed by atoms with Crippen molar-refractivity contribution in [1.82, 2.24) is 4.98 Å². The van der Waals surface area contributed by atoms with Crippen LogP contribution in [0.3, 0.4) is 0 Å². The van der Waals surface area contributed by atoms with Crippen LogP contribution in [0.5, 0.6) is 5.88 Å². The third kappa shape index (κ3) is 3.47. The Hall–Kier alpha value is -1.83. The number of carbonyl (C=O) groups is 1. The molecule has 3 fully saturated rings. The Morgan fingerprint density at radius 2 is 1.89 bits per heavy atom. The quantitative estimate of drug-likeness (QED) is 0.837. The predicted octanol–water partition coefficient (Wildman–Crippen LogP) is 3.85. The van der Waals surface area contributed by atoms with Crippen LogP contribution >= 0.6 is 0 Å². The molecule has 1 atom stereocenters. The van der Waals surface area contributed by atoms with Gasteiger partial charge in [0.2, 0.25) is 11.8 Å². The lowest BCUT2D eigenvalue weighted by Gasteiger charge is -2.41. The minimum atomic E-state index is -4.46. The smallest absolute Gasteiger partial charge is 0.425 e. The Bertz CT molecular complexity index is 738. The highest BCUT2D eigenvalue weighted by Crippen LogP contribution is 2.54. The molecule has 4 rings (SSSR count). The molecule has 1 aromatic rings. The fourth-order valence-electron chi connectivity index (χ4n) is 4.57. The van der Waals surface area contributed by atoms with Crippen LogP contribution in [0.25, 0.3) is 0 Å². The molecule has 2 aliphatic carbocycles. The summed E-state index contributed by atoms with van der Waals surface area (Å²) < 4.78 is 42.6. The molecule has 2 saturated carbocycles. The van der Waals surface area contributed by atoms with Gasteiger partial charge in [0.15, 0.2) is 6.10 Å². The van der Waals surface area contributed by atoms with E-state index in [0.29, 0.717) is 43.8 Å². The highest BCUT2D eigenvalue weighted by Gasteiger charge is 2.54. The average Bonchev–Trinajstić information content (AvgIpc) is 3.45. The standard InChI is InChI=1S/C20H25F3N2O3/c1-13(20(21,22)23)28-16-5-4-15(12-24-16)25-11-10-18(17(25)26)6-8-19(27,9-7-18)14-2-3-14/h4-5,12-14,27H,2-3,6-11H2,1H3/t13-,18-,19+/m0/s1. The zero-order chi connectivity index (χ0) is 20.2. The number of pyridine rings is 1. The van der Waals surface area contributed by atoms with Gasteiger partial charge >= 0.3 is 6.18 Å². The number of amides is 1. The predicted molar refractivity (Wildman–Crippen MR) is 95.9 cm³/mol. The molecule has 2 heterocycles. The van der Waals surface area contributed by atoms with Crippen LogP contribution in [0.15, 0.2) is 18.3 Å². The Balaban J connectivity index is 1.41. The lowest BCUT2D eigenvalue weighted by Crippen LogP contribution is -2.44. The normalized spacial score (nSPS) is 32.0. The molecule has 5 nitrogen and oxygen atoms in total. The molecule has 1 N–H and O–H groups in total. The minimum absolute atomic E-state index is 0.0319. The number of anilines is 1. The summed E-state index contributed by atoms with van der Waals surface area (Å²) in [7, 11) is 0. The van der Waals surface area contributed by atoms with E-state index in [-0.39, 0.29) is 11.8 Å². The zero-order valence-electron chi connectivity index (χ0n) is 15.8. The largest absolute Gasteiger partial charge is 0.465 e. The van der Waals surface area contributed by atoms with Crippen LogP contribution in [0.2, 0.25) is 0 Å². The lowest BCUT2D eigenvalue weighted by molar-refractivity contribution is -0.189. The first kappa shape index (κ1) is 19.5. The van der Waals surface area contributed by atoms with Gasteiger partial charge in [0.1, 0.15) is 0 Å². The number of hydrogen-bond donors (Lipinski definition) is 1. The molecular weight excluding hydrogens is 373 g/mol. The lowest BCUT2D eigenvalue weighted by atomic mass is 9.66. The summed E-state index contributed by atoms with van der Waals surface area (Å²) in [4.78, 5) is 18.7. The van der Waals surface area contributed by atoms with Crippen molar-refractivity contribution in [3.8, 4) is 5.88 Å². The first-order chi connectivity index (χ1) is 13.1. The highest BCUT2D eigenvalue weighted by molar-refractivity contribution is 5.99. The van der Waals surface area contributed by atoms with Gasteiger partial charge in [-0.3, -0.25) is 4.79 Å². The van der Waals surface area contributed by atoms with Crippen molar-refractivity contribution in [2.45, 2.75) is 69.8 Å². The summed E-state index contributed by atoms with van der Waals surface area (Å²) in [5.41, 5.74) is -0.465. The number of ether oxygens (including phenoxy) is 1. The summed E-state index contributed by atoms with van der Waals surface area (Å²) in [6.07, 6.45) is 0.577.